The molecular weight excluding hydrogens is 404 g/mol. The number of halogens is 1. The highest BCUT2D eigenvalue weighted by molar-refractivity contribution is 7.99. The molecule has 3 aromatic carbocycles. The molecule has 3 nitrogen and oxygen atoms in total. The minimum Gasteiger partial charge on any atom is -0.489 e. The van der Waals surface area contributed by atoms with Crippen molar-refractivity contribution in [1.82, 2.24) is 0 Å². The smallest absolute Gasteiger partial charge is 0.120 e. The number of aliphatic hydroxyl groups excluding tert-OH is 2. The van der Waals surface area contributed by atoms with Crippen LogP contribution in [0.3, 0.4) is 0 Å². The topological polar surface area (TPSA) is 49.7 Å². The van der Waals surface area contributed by atoms with Crippen molar-refractivity contribution in [1.29, 1.82) is 0 Å². The summed E-state index contributed by atoms with van der Waals surface area (Å²) in [5.41, 5.74) is 2.17. The van der Waals surface area contributed by atoms with Crippen molar-refractivity contribution in [3.8, 4) is 5.75 Å². The highest BCUT2D eigenvalue weighted by Gasteiger charge is 2.09. The Labute approximate surface area is 181 Å². The molecule has 0 aliphatic carbocycles. The Morgan fingerprint density at radius 1 is 0.862 bits per heavy atom. The van der Waals surface area contributed by atoms with Gasteiger partial charge in [0, 0.05) is 33.9 Å². The molecule has 0 atom stereocenters. The standard InChI is InChI=1S/C24H25ClO3S/c25-24-14-23(12-11-20(24)10-9-19(15-26)16-27)29-22-8-4-7-21(13-22)28-17-18-5-2-1-3-6-18/h1-8,11-14,19,26-27H,9-10,15-17H2. The minimum atomic E-state index is -0.0984. The number of hydrogen-bond donors (Lipinski definition) is 2. The van der Waals surface area contributed by atoms with Crippen molar-refractivity contribution >= 4 is 23.4 Å². The molecule has 0 fully saturated rings. The van der Waals surface area contributed by atoms with Gasteiger partial charge in [-0.1, -0.05) is 65.8 Å². The van der Waals surface area contributed by atoms with Gasteiger partial charge in [0.15, 0.2) is 0 Å². The summed E-state index contributed by atoms with van der Waals surface area (Å²) in [5.74, 6) is 0.736. The van der Waals surface area contributed by atoms with Crippen LogP contribution in [0.2, 0.25) is 5.02 Å². The Kier molecular flexibility index (Phi) is 8.44. The van der Waals surface area contributed by atoms with Gasteiger partial charge in [0.05, 0.1) is 0 Å². The number of rotatable bonds is 10. The molecule has 0 amide bonds. The second-order valence-corrected chi connectivity index (χ2v) is 8.43. The van der Waals surface area contributed by atoms with E-state index in [1.54, 1.807) is 11.8 Å². The number of benzene rings is 3. The number of aryl methyl sites for hydroxylation is 1. The maximum atomic E-state index is 9.20. The lowest BCUT2D eigenvalue weighted by molar-refractivity contribution is 0.144. The van der Waals surface area contributed by atoms with Crippen molar-refractivity contribution < 1.29 is 14.9 Å². The Morgan fingerprint density at radius 3 is 2.34 bits per heavy atom. The van der Waals surface area contributed by atoms with Gasteiger partial charge in [-0.25, -0.2) is 0 Å². The highest BCUT2D eigenvalue weighted by atomic mass is 35.5. The van der Waals surface area contributed by atoms with Crippen molar-refractivity contribution in [2.24, 2.45) is 5.92 Å². The molecule has 3 aromatic rings. The van der Waals surface area contributed by atoms with Crippen LogP contribution < -0.4 is 4.74 Å². The van der Waals surface area contributed by atoms with Crippen molar-refractivity contribution in [3.05, 3.63) is 88.9 Å². The second kappa shape index (κ2) is 11.3. The first-order valence-corrected chi connectivity index (χ1v) is 10.8. The van der Waals surface area contributed by atoms with Crippen LogP contribution in [0, 0.1) is 5.92 Å². The van der Waals surface area contributed by atoms with Crippen LogP contribution in [0.4, 0.5) is 0 Å². The first-order valence-electron chi connectivity index (χ1n) is 9.62. The molecule has 0 bridgehead atoms. The van der Waals surface area contributed by atoms with Crippen LogP contribution in [-0.4, -0.2) is 23.4 Å². The van der Waals surface area contributed by atoms with Crippen LogP contribution in [0.15, 0.2) is 82.6 Å². The fraction of sp³-hybridized carbons (Fsp3) is 0.250. The number of ether oxygens (including phenoxy) is 1. The molecule has 2 N–H and O–H groups in total. The predicted molar refractivity (Wildman–Crippen MR) is 119 cm³/mol. The van der Waals surface area contributed by atoms with Crippen molar-refractivity contribution in [2.45, 2.75) is 29.2 Å². The minimum absolute atomic E-state index is 0.00919. The fourth-order valence-electron chi connectivity index (χ4n) is 2.90. The molecule has 0 radical (unpaired) electrons. The quantitative estimate of drug-likeness (QED) is 0.441. The van der Waals surface area contributed by atoms with Crippen LogP contribution in [0.5, 0.6) is 5.75 Å². The molecule has 0 heterocycles. The summed E-state index contributed by atoms with van der Waals surface area (Å²) >= 11 is 8.09. The summed E-state index contributed by atoms with van der Waals surface area (Å²) in [6.45, 7) is 0.521. The number of aliphatic hydroxyl groups is 2. The van der Waals surface area contributed by atoms with Crippen molar-refractivity contribution in [2.75, 3.05) is 13.2 Å². The van der Waals surface area contributed by atoms with Gasteiger partial charge < -0.3 is 14.9 Å². The summed E-state index contributed by atoms with van der Waals surface area (Å²) in [7, 11) is 0. The van der Waals surface area contributed by atoms with E-state index in [4.69, 9.17) is 16.3 Å². The van der Waals surface area contributed by atoms with E-state index < -0.39 is 0 Å². The Balaban J connectivity index is 1.60. The van der Waals surface area contributed by atoms with Crippen molar-refractivity contribution in [3.63, 3.8) is 0 Å². The van der Waals surface area contributed by atoms with Crippen LogP contribution in [-0.2, 0) is 13.0 Å². The zero-order chi connectivity index (χ0) is 20.5. The summed E-state index contributed by atoms with van der Waals surface area (Å²) in [4.78, 5) is 2.14. The summed E-state index contributed by atoms with van der Waals surface area (Å²) < 4.78 is 5.91. The zero-order valence-corrected chi connectivity index (χ0v) is 17.7. The average molecular weight is 429 g/mol. The van der Waals surface area contributed by atoms with E-state index in [0.29, 0.717) is 18.1 Å². The highest BCUT2D eigenvalue weighted by Crippen LogP contribution is 2.33. The van der Waals surface area contributed by atoms with Gasteiger partial charge in [-0.3, -0.25) is 0 Å². The molecule has 3 rings (SSSR count). The van der Waals surface area contributed by atoms with E-state index in [-0.39, 0.29) is 19.1 Å². The number of hydrogen-bond acceptors (Lipinski definition) is 4. The van der Waals surface area contributed by atoms with Gasteiger partial charge in [-0.2, -0.15) is 0 Å². The molecule has 5 heteroatoms. The Bertz CT molecular complexity index is 898. The third-order valence-corrected chi connectivity index (χ3v) is 5.98. The average Bonchev–Trinajstić information content (AvgIpc) is 2.75. The van der Waals surface area contributed by atoms with E-state index in [0.717, 1.165) is 33.1 Å². The Hall–Kier alpha value is -1.98. The van der Waals surface area contributed by atoms with Crippen LogP contribution in [0.1, 0.15) is 17.5 Å². The second-order valence-electron chi connectivity index (χ2n) is 6.87. The molecular formula is C24H25ClO3S. The van der Waals surface area contributed by atoms with Gasteiger partial charge >= 0.3 is 0 Å². The fourth-order valence-corrected chi connectivity index (χ4v) is 4.15. The van der Waals surface area contributed by atoms with Gasteiger partial charge in [0.1, 0.15) is 12.4 Å². The Morgan fingerprint density at radius 2 is 1.62 bits per heavy atom. The largest absolute Gasteiger partial charge is 0.489 e. The lowest BCUT2D eigenvalue weighted by Gasteiger charge is -2.12. The molecule has 0 aliphatic rings. The molecule has 29 heavy (non-hydrogen) atoms. The van der Waals surface area contributed by atoms with Gasteiger partial charge in [-0.15, -0.1) is 0 Å². The molecule has 0 aromatic heterocycles. The molecule has 152 valence electrons. The van der Waals surface area contributed by atoms with Gasteiger partial charge in [0.25, 0.3) is 0 Å². The summed E-state index contributed by atoms with van der Waals surface area (Å²) in [5, 5.41) is 19.1. The molecule has 0 saturated heterocycles. The summed E-state index contributed by atoms with van der Waals surface area (Å²) in [6.07, 6.45) is 1.44. The van der Waals surface area contributed by atoms with Crippen LogP contribution >= 0.6 is 23.4 Å². The lowest BCUT2D eigenvalue weighted by Crippen LogP contribution is -2.11. The van der Waals surface area contributed by atoms with Gasteiger partial charge in [0.2, 0.25) is 0 Å². The molecule has 0 unspecified atom stereocenters. The molecule has 0 saturated carbocycles. The first kappa shape index (κ1) is 21.7. The predicted octanol–water partition coefficient (Wildman–Crippen LogP) is 5.60. The SMILES string of the molecule is OCC(CO)CCc1ccc(Sc2cccc(OCc3ccccc3)c2)cc1Cl. The zero-order valence-electron chi connectivity index (χ0n) is 16.1. The van der Waals surface area contributed by atoms with E-state index in [9.17, 15) is 10.2 Å². The van der Waals surface area contributed by atoms with Gasteiger partial charge in [-0.05, 0) is 54.3 Å². The van der Waals surface area contributed by atoms with E-state index in [1.807, 2.05) is 60.7 Å². The lowest BCUT2D eigenvalue weighted by atomic mass is 10.0. The maximum absolute atomic E-state index is 9.20. The first-order chi connectivity index (χ1) is 14.2. The summed E-state index contributed by atoms with van der Waals surface area (Å²) in [6, 6.07) is 24.2. The van der Waals surface area contributed by atoms with E-state index in [1.165, 1.54) is 0 Å². The van der Waals surface area contributed by atoms with E-state index in [2.05, 4.69) is 12.1 Å². The van der Waals surface area contributed by atoms with Crippen LogP contribution in [0.25, 0.3) is 0 Å². The third kappa shape index (κ3) is 6.79. The van der Waals surface area contributed by atoms with E-state index >= 15 is 0 Å². The monoisotopic (exact) mass is 428 g/mol. The molecule has 0 spiro atoms. The normalized spacial score (nSPS) is 11.0. The molecule has 0 aliphatic heterocycles. The maximum Gasteiger partial charge on any atom is 0.120 e. The third-order valence-electron chi connectivity index (χ3n) is 4.65.